The van der Waals surface area contributed by atoms with Crippen molar-refractivity contribution in [3.63, 3.8) is 0 Å². The number of amides is 2. The van der Waals surface area contributed by atoms with Gasteiger partial charge in [-0.1, -0.05) is 50.2 Å². The van der Waals surface area contributed by atoms with Gasteiger partial charge in [-0.3, -0.25) is 13.9 Å². The Morgan fingerprint density at radius 3 is 2.34 bits per heavy atom. The molecule has 1 aliphatic rings. The van der Waals surface area contributed by atoms with Crippen LogP contribution in [0.5, 0.6) is 5.75 Å². The molecule has 0 aromatic heterocycles. The number of ether oxygens (including phenoxy) is 1. The molecule has 0 unspecified atom stereocenters. The van der Waals surface area contributed by atoms with Crippen LogP contribution in [0.2, 0.25) is 0 Å². The molecule has 4 rings (SSSR count). The van der Waals surface area contributed by atoms with Crippen LogP contribution in [0.1, 0.15) is 39.2 Å². The topological polar surface area (TPSA) is 96.0 Å². The van der Waals surface area contributed by atoms with Crippen molar-refractivity contribution in [2.75, 3.05) is 24.5 Å². The van der Waals surface area contributed by atoms with Crippen LogP contribution in [0.25, 0.3) is 10.8 Å². The number of nitrogens with zero attached hydrogens (tertiary/aromatic N) is 2. The molecule has 0 fully saturated rings. The average molecular weight is 538 g/mol. The van der Waals surface area contributed by atoms with Gasteiger partial charge in [0, 0.05) is 31.4 Å². The van der Waals surface area contributed by atoms with Crippen LogP contribution in [-0.4, -0.2) is 51.4 Å². The number of hydrogen-bond acceptors (Lipinski definition) is 5. The van der Waals surface area contributed by atoms with E-state index in [4.69, 9.17) is 4.74 Å². The Bertz CT molecular complexity index is 1410. The zero-order valence-electron chi connectivity index (χ0n) is 22.3. The molecule has 3 aromatic carbocycles. The van der Waals surface area contributed by atoms with E-state index in [1.54, 1.807) is 37.1 Å². The third kappa shape index (κ3) is 5.62. The molecule has 1 aliphatic heterocycles. The monoisotopic (exact) mass is 537 g/mol. The van der Waals surface area contributed by atoms with Crippen LogP contribution in [0, 0.1) is 5.92 Å². The molecule has 0 bridgehead atoms. The van der Waals surface area contributed by atoms with E-state index in [1.165, 1.54) is 4.31 Å². The number of rotatable bonds is 11. The van der Waals surface area contributed by atoms with Gasteiger partial charge in [0.2, 0.25) is 11.8 Å². The van der Waals surface area contributed by atoms with Crippen molar-refractivity contribution < 1.29 is 22.7 Å². The molecule has 0 aliphatic carbocycles. The highest BCUT2D eigenvalue weighted by Gasteiger charge is 2.35. The van der Waals surface area contributed by atoms with Gasteiger partial charge in [-0.15, -0.1) is 0 Å². The Kier molecular flexibility index (Phi) is 8.26. The summed E-state index contributed by atoms with van der Waals surface area (Å²) in [5.74, 6) is 0.565. The molecule has 2 amide bonds. The highest BCUT2D eigenvalue weighted by atomic mass is 32.2. The van der Waals surface area contributed by atoms with Gasteiger partial charge in [0.1, 0.15) is 11.8 Å². The van der Waals surface area contributed by atoms with Crippen LogP contribution in [0.15, 0.2) is 65.6 Å². The molecule has 0 saturated heterocycles. The summed E-state index contributed by atoms with van der Waals surface area (Å²) >= 11 is 0. The molecule has 8 nitrogen and oxygen atoms in total. The van der Waals surface area contributed by atoms with Gasteiger partial charge in [0.05, 0.1) is 17.7 Å². The summed E-state index contributed by atoms with van der Waals surface area (Å²) in [5, 5.41) is 4.50. The third-order valence-corrected chi connectivity index (χ3v) is 8.65. The minimum Gasteiger partial charge on any atom is -0.497 e. The second-order valence-electron chi connectivity index (χ2n) is 10.00. The summed E-state index contributed by atoms with van der Waals surface area (Å²) in [6.45, 7) is 6.69. The van der Waals surface area contributed by atoms with Crippen LogP contribution < -0.4 is 14.4 Å². The molecule has 1 heterocycles. The van der Waals surface area contributed by atoms with Gasteiger partial charge in [-0.25, -0.2) is 8.42 Å². The quantitative estimate of drug-likeness (QED) is 0.393. The largest absolute Gasteiger partial charge is 0.497 e. The van der Waals surface area contributed by atoms with Crippen molar-refractivity contribution in [3.05, 3.63) is 66.2 Å². The van der Waals surface area contributed by atoms with E-state index in [1.807, 2.05) is 56.3 Å². The highest BCUT2D eigenvalue weighted by Crippen LogP contribution is 2.42. The molecule has 202 valence electrons. The summed E-state index contributed by atoms with van der Waals surface area (Å²) in [6, 6.07) is 17.5. The highest BCUT2D eigenvalue weighted by molar-refractivity contribution is 7.93. The van der Waals surface area contributed by atoms with E-state index < -0.39 is 16.1 Å². The number of methoxy groups -OCH3 is 1. The molecule has 38 heavy (non-hydrogen) atoms. The van der Waals surface area contributed by atoms with Crippen molar-refractivity contribution in [1.82, 2.24) is 10.2 Å². The summed E-state index contributed by atoms with van der Waals surface area (Å²) in [6.07, 6.45) is 0.429. The Balaban J connectivity index is 1.48. The maximum Gasteiger partial charge on any atom is 0.265 e. The predicted molar refractivity (Wildman–Crippen MR) is 149 cm³/mol. The first-order valence-corrected chi connectivity index (χ1v) is 14.3. The SMILES string of the molecule is COc1ccc(CN(C(=O)CCCN2c3cccc4cccc(c34)S2(=O)=O)[C@@H](C)C(=O)NCC(C)C)cc1. The standard InChI is InChI=1S/C29H35N3O5S/c1-20(2)18-30-29(34)21(3)31(19-22-13-15-24(37-4)16-14-22)27(33)12-7-17-32-25-10-5-8-23-9-6-11-26(28(23)25)38(32,35)36/h5-6,8-11,13-16,20-21H,7,12,17-19H2,1-4H3,(H,30,34)/t21-/m0/s1. The number of hydrogen-bond donors (Lipinski definition) is 1. The zero-order valence-corrected chi connectivity index (χ0v) is 23.1. The lowest BCUT2D eigenvalue weighted by molar-refractivity contribution is -0.140. The van der Waals surface area contributed by atoms with Gasteiger partial charge >= 0.3 is 0 Å². The predicted octanol–water partition coefficient (Wildman–Crippen LogP) is 4.33. The van der Waals surface area contributed by atoms with Crippen molar-refractivity contribution >= 4 is 38.3 Å². The maximum absolute atomic E-state index is 13.5. The molecule has 1 atom stereocenters. The van der Waals surface area contributed by atoms with Crippen molar-refractivity contribution in [2.45, 2.75) is 51.1 Å². The first kappa shape index (κ1) is 27.4. The first-order chi connectivity index (χ1) is 18.1. The van der Waals surface area contributed by atoms with Crippen LogP contribution >= 0.6 is 0 Å². The van der Waals surface area contributed by atoms with Crippen molar-refractivity contribution in [2.24, 2.45) is 5.92 Å². The lowest BCUT2D eigenvalue weighted by Crippen LogP contribution is -2.48. The van der Waals surface area contributed by atoms with Crippen molar-refractivity contribution in [1.29, 1.82) is 0 Å². The molecule has 3 aromatic rings. The van der Waals surface area contributed by atoms with E-state index in [0.29, 0.717) is 29.3 Å². The Morgan fingerprint density at radius 1 is 1.00 bits per heavy atom. The first-order valence-electron chi connectivity index (χ1n) is 12.9. The van der Waals surface area contributed by atoms with Crippen LogP contribution in [0.4, 0.5) is 5.69 Å². The zero-order chi connectivity index (χ0) is 27.4. The second-order valence-corrected chi connectivity index (χ2v) is 11.8. The Labute approximate surface area is 224 Å². The third-order valence-electron chi connectivity index (χ3n) is 6.80. The van der Waals surface area contributed by atoms with E-state index in [9.17, 15) is 18.0 Å². The molecule has 1 N–H and O–H groups in total. The smallest absolute Gasteiger partial charge is 0.265 e. The van der Waals surface area contributed by atoms with Gasteiger partial charge in [0.15, 0.2) is 0 Å². The number of carbonyl (C=O) groups excluding carboxylic acids is 2. The normalized spacial score (nSPS) is 14.5. The fraction of sp³-hybridized carbons (Fsp3) is 0.379. The van der Waals surface area contributed by atoms with Gasteiger partial charge in [0.25, 0.3) is 10.0 Å². The van der Waals surface area contributed by atoms with Gasteiger partial charge in [-0.05, 0) is 54.5 Å². The minimum atomic E-state index is -3.68. The number of sulfonamides is 1. The Morgan fingerprint density at radius 2 is 1.68 bits per heavy atom. The fourth-order valence-electron chi connectivity index (χ4n) is 4.68. The molecule has 0 spiro atoms. The lowest BCUT2D eigenvalue weighted by atomic mass is 10.1. The van der Waals surface area contributed by atoms with Crippen molar-refractivity contribution in [3.8, 4) is 5.75 Å². The fourth-order valence-corrected chi connectivity index (χ4v) is 6.43. The Hall–Kier alpha value is -3.59. The summed E-state index contributed by atoms with van der Waals surface area (Å²) in [4.78, 5) is 28.2. The number of nitrogens with one attached hydrogen (secondary N) is 1. The van der Waals surface area contributed by atoms with E-state index in [0.717, 1.165) is 16.3 Å². The average Bonchev–Trinajstić information content (AvgIpc) is 3.13. The molecular formula is C29H35N3O5S. The number of carbonyl (C=O) groups is 2. The van der Waals surface area contributed by atoms with E-state index in [-0.39, 0.29) is 37.2 Å². The lowest BCUT2D eigenvalue weighted by Gasteiger charge is -2.29. The molecule has 0 radical (unpaired) electrons. The van der Waals surface area contributed by atoms with E-state index >= 15 is 0 Å². The summed E-state index contributed by atoms with van der Waals surface area (Å²) in [5.41, 5.74) is 1.51. The second kappa shape index (κ2) is 11.4. The van der Waals surface area contributed by atoms with Gasteiger partial charge in [-0.2, -0.15) is 0 Å². The van der Waals surface area contributed by atoms with E-state index in [2.05, 4.69) is 5.32 Å². The van der Waals surface area contributed by atoms with Gasteiger partial charge < -0.3 is 15.0 Å². The summed E-state index contributed by atoms with van der Waals surface area (Å²) < 4.78 is 33.1. The molecule has 0 saturated carbocycles. The maximum atomic E-state index is 13.5. The molecule has 9 heteroatoms. The number of benzene rings is 3. The minimum absolute atomic E-state index is 0.107. The number of anilines is 1. The van der Waals surface area contributed by atoms with Crippen LogP contribution in [0.3, 0.4) is 0 Å². The molecular weight excluding hydrogens is 502 g/mol. The van der Waals surface area contributed by atoms with Crippen LogP contribution in [-0.2, 0) is 26.2 Å². The summed E-state index contributed by atoms with van der Waals surface area (Å²) in [7, 11) is -2.10.